The number of benzene rings is 2. The molecule has 246 valence electrons. The van der Waals surface area contributed by atoms with Crippen molar-refractivity contribution in [3.05, 3.63) is 71.8 Å². The van der Waals surface area contributed by atoms with Crippen LogP contribution in [0.2, 0.25) is 25.7 Å². The van der Waals surface area contributed by atoms with Crippen LogP contribution < -0.4 is 0 Å². The maximum Gasteiger partial charge on any atom is 0.338 e. The standard InChI is InChI=1S/C35H48O9Si/c1-38-33(37)27(22-24-14-8-5-9-15-24)41-30-29-28(23-40-34(44-29)26-18-12-7-13-19-26)42-35(39-20-21-45(2,3)4)31(30)43-32(36)25-16-10-6-11-17-25/h6-7,10-13,16-19,24,27-31,34-35H,5,8-9,14-15,20-23H2,1-4H3/t27-,28+,29-,30-,31+,34?,35+/m0/s1. The zero-order valence-corrected chi connectivity index (χ0v) is 27.9. The van der Waals surface area contributed by atoms with Crippen LogP contribution in [0.1, 0.15) is 60.7 Å². The molecule has 45 heavy (non-hydrogen) atoms. The third kappa shape index (κ3) is 9.24. The van der Waals surface area contributed by atoms with Gasteiger partial charge in [0.2, 0.25) is 0 Å². The molecule has 5 rings (SSSR count). The summed E-state index contributed by atoms with van der Waals surface area (Å²) in [6.07, 6.45) is 0.327. The van der Waals surface area contributed by atoms with Crippen LogP contribution in [0.15, 0.2) is 60.7 Å². The summed E-state index contributed by atoms with van der Waals surface area (Å²) in [6.45, 7) is 7.45. The van der Waals surface area contributed by atoms with Gasteiger partial charge in [-0.3, -0.25) is 0 Å². The molecule has 3 fully saturated rings. The highest BCUT2D eigenvalue weighted by Gasteiger charge is 2.54. The number of carbonyl (C=O) groups is 2. The number of esters is 2. The van der Waals surface area contributed by atoms with Crippen molar-refractivity contribution in [2.75, 3.05) is 20.3 Å². The predicted molar refractivity (Wildman–Crippen MR) is 170 cm³/mol. The van der Waals surface area contributed by atoms with Gasteiger partial charge < -0.3 is 33.2 Å². The lowest BCUT2D eigenvalue weighted by molar-refractivity contribution is -0.367. The van der Waals surface area contributed by atoms with Gasteiger partial charge in [-0.1, -0.05) is 100 Å². The molecule has 2 aromatic rings. The Morgan fingerprint density at radius 3 is 2.27 bits per heavy atom. The van der Waals surface area contributed by atoms with E-state index in [4.69, 9.17) is 33.2 Å². The minimum atomic E-state index is -1.45. The second-order valence-electron chi connectivity index (χ2n) is 13.5. The van der Waals surface area contributed by atoms with E-state index in [0.717, 1.165) is 37.3 Å². The molecular formula is C35H48O9Si. The van der Waals surface area contributed by atoms with E-state index in [1.54, 1.807) is 24.3 Å². The Morgan fingerprint density at radius 2 is 1.60 bits per heavy atom. The number of methoxy groups -OCH3 is 1. The second-order valence-corrected chi connectivity index (χ2v) is 19.1. The fraction of sp³-hybridized carbons (Fsp3) is 0.600. The molecule has 0 radical (unpaired) electrons. The lowest BCUT2D eigenvalue weighted by Gasteiger charge is -2.49. The van der Waals surface area contributed by atoms with Crippen LogP contribution in [0.3, 0.4) is 0 Å². The van der Waals surface area contributed by atoms with Gasteiger partial charge in [-0.25, -0.2) is 9.59 Å². The topological polar surface area (TPSA) is 98.8 Å². The third-order valence-electron chi connectivity index (χ3n) is 8.80. The van der Waals surface area contributed by atoms with Crippen LogP contribution in [0.5, 0.6) is 0 Å². The van der Waals surface area contributed by atoms with Crippen LogP contribution in [0.25, 0.3) is 0 Å². The normalized spacial score (nSPS) is 28.1. The molecule has 0 N–H and O–H groups in total. The maximum atomic E-state index is 13.5. The highest BCUT2D eigenvalue weighted by atomic mass is 28.3. The molecule has 0 aromatic heterocycles. The van der Waals surface area contributed by atoms with Crippen LogP contribution >= 0.6 is 0 Å². The van der Waals surface area contributed by atoms with Crippen molar-refractivity contribution in [2.45, 2.75) is 107 Å². The van der Waals surface area contributed by atoms with Gasteiger partial charge in [-0.05, 0) is 30.5 Å². The van der Waals surface area contributed by atoms with Crippen molar-refractivity contribution in [2.24, 2.45) is 5.92 Å². The lowest BCUT2D eigenvalue weighted by atomic mass is 9.85. The number of rotatable bonds is 12. The van der Waals surface area contributed by atoms with Crippen LogP contribution in [-0.2, 0) is 38.0 Å². The number of hydrogen-bond donors (Lipinski definition) is 0. The molecule has 1 saturated carbocycles. The molecule has 1 aliphatic carbocycles. The summed E-state index contributed by atoms with van der Waals surface area (Å²) in [7, 11) is -0.0749. The first-order chi connectivity index (χ1) is 21.7. The van der Waals surface area contributed by atoms with E-state index in [0.29, 0.717) is 24.5 Å². The highest BCUT2D eigenvalue weighted by molar-refractivity contribution is 6.76. The molecule has 7 atom stereocenters. The maximum absolute atomic E-state index is 13.5. The lowest BCUT2D eigenvalue weighted by Crippen LogP contribution is -2.65. The van der Waals surface area contributed by atoms with Gasteiger partial charge >= 0.3 is 11.9 Å². The third-order valence-corrected chi connectivity index (χ3v) is 10.5. The van der Waals surface area contributed by atoms with Gasteiger partial charge in [-0.15, -0.1) is 0 Å². The second kappa shape index (κ2) is 15.8. The Bertz CT molecular complexity index is 1210. The number of carbonyl (C=O) groups excluding carboxylic acids is 2. The van der Waals surface area contributed by atoms with E-state index in [1.165, 1.54) is 13.5 Å². The summed E-state index contributed by atoms with van der Waals surface area (Å²) >= 11 is 0. The minimum Gasteiger partial charge on any atom is -0.467 e. The minimum absolute atomic E-state index is 0.211. The first-order valence-corrected chi connectivity index (χ1v) is 20.0. The van der Waals surface area contributed by atoms with E-state index in [-0.39, 0.29) is 6.61 Å². The first kappa shape index (κ1) is 33.8. The van der Waals surface area contributed by atoms with Gasteiger partial charge in [0.25, 0.3) is 0 Å². The van der Waals surface area contributed by atoms with E-state index in [1.807, 2.05) is 36.4 Å². The number of fused-ring (bicyclic) bond motifs is 1. The van der Waals surface area contributed by atoms with Crippen molar-refractivity contribution >= 4 is 20.0 Å². The Labute approximate surface area is 267 Å². The van der Waals surface area contributed by atoms with Gasteiger partial charge in [0.15, 0.2) is 24.8 Å². The Hall–Kier alpha value is -2.60. The zero-order valence-electron chi connectivity index (χ0n) is 26.9. The molecule has 2 saturated heterocycles. The van der Waals surface area contributed by atoms with Gasteiger partial charge in [-0.2, -0.15) is 0 Å². The van der Waals surface area contributed by atoms with Gasteiger partial charge in [0, 0.05) is 20.2 Å². The summed E-state index contributed by atoms with van der Waals surface area (Å²) in [6, 6.07) is 19.3. The molecule has 3 aliphatic rings. The first-order valence-electron chi connectivity index (χ1n) is 16.3. The summed E-state index contributed by atoms with van der Waals surface area (Å²) in [5.74, 6) is -0.663. The van der Waals surface area contributed by atoms with Crippen molar-refractivity contribution in [1.82, 2.24) is 0 Å². The average Bonchev–Trinajstić information content (AvgIpc) is 3.05. The molecule has 0 bridgehead atoms. The van der Waals surface area contributed by atoms with Crippen molar-refractivity contribution in [3.63, 3.8) is 0 Å². The fourth-order valence-corrected chi connectivity index (χ4v) is 6.97. The number of ether oxygens (including phenoxy) is 7. The molecule has 2 aliphatic heterocycles. The quantitative estimate of drug-likeness (QED) is 0.195. The summed E-state index contributed by atoms with van der Waals surface area (Å²) in [5.41, 5.74) is 1.23. The SMILES string of the molecule is COC(=O)[C@H](CC1CCCCC1)O[C@H]1[C@H]2OC(c3ccccc3)OC[C@H]2O[C@@H](OCC[Si](C)(C)C)[C@@H]1OC(=O)c1ccccc1. The average molecular weight is 641 g/mol. The number of hydrogen-bond acceptors (Lipinski definition) is 9. The molecule has 9 nitrogen and oxygen atoms in total. The molecule has 1 unspecified atom stereocenters. The van der Waals surface area contributed by atoms with Crippen molar-refractivity contribution in [1.29, 1.82) is 0 Å². The Balaban J connectivity index is 1.48. The molecule has 10 heteroatoms. The largest absolute Gasteiger partial charge is 0.467 e. The van der Waals surface area contributed by atoms with Crippen LogP contribution in [-0.4, -0.2) is 77.1 Å². The van der Waals surface area contributed by atoms with Gasteiger partial charge in [0.05, 0.1) is 19.3 Å². The smallest absolute Gasteiger partial charge is 0.338 e. The van der Waals surface area contributed by atoms with Crippen molar-refractivity contribution < 1.29 is 42.7 Å². The predicted octanol–water partition coefficient (Wildman–Crippen LogP) is 6.30. The molecule has 2 heterocycles. The molecular weight excluding hydrogens is 592 g/mol. The van der Waals surface area contributed by atoms with E-state index in [9.17, 15) is 9.59 Å². The molecule has 0 spiro atoms. The van der Waals surface area contributed by atoms with Gasteiger partial charge in [0.1, 0.15) is 18.3 Å². The molecule has 0 amide bonds. The van der Waals surface area contributed by atoms with E-state index < -0.39 is 63.1 Å². The Morgan fingerprint density at radius 1 is 0.911 bits per heavy atom. The van der Waals surface area contributed by atoms with E-state index in [2.05, 4.69) is 19.6 Å². The molecule has 2 aromatic carbocycles. The van der Waals surface area contributed by atoms with Crippen molar-refractivity contribution in [3.8, 4) is 0 Å². The fourth-order valence-electron chi connectivity index (χ4n) is 6.24. The van der Waals surface area contributed by atoms with Crippen LogP contribution in [0.4, 0.5) is 0 Å². The van der Waals surface area contributed by atoms with E-state index >= 15 is 0 Å². The summed E-state index contributed by atoms with van der Waals surface area (Å²) in [4.78, 5) is 26.8. The monoisotopic (exact) mass is 640 g/mol. The zero-order chi connectivity index (χ0) is 31.8. The Kier molecular flexibility index (Phi) is 11.8. The summed E-state index contributed by atoms with van der Waals surface area (Å²) in [5, 5.41) is 0. The summed E-state index contributed by atoms with van der Waals surface area (Å²) < 4.78 is 43.7. The highest BCUT2D eigenvalue weighted by Crippen LogP contribution is 2.39. The van der Waals surface area contributed by atoms with Crippen LogP contribution in [0, 0.1) is 5.92 Å².